The lowest BCUT2D eigenvalue weighted by molar-refractivity contribution is 0.339. The average Bonchev–Trinajstić information content (AvgIpc) is 2.07. The van der Waals surface area contributed by atoms with Crippen LogP contribution < -0.4 is 0 Å². The summed E-state index contributed by atoms with van der Waals surface area (Å²) in [7, 11) is 0. The second kappa shape index (κ2) is 7.18. The summed E-state index contributed by atoms with van der Waals surface area (Å²) in [4.78, 5) is 0. The highest BCUT2D eigenvalue weighted by atomic mass is 14.2. The van der Waals surface area contributed by atoms with Crippen molar-refractivity contribution in [3.8, 4) is 0 Å². The van der Waals surface area contributed by atoms with Crippen LogP contribution in [0.1, 0.15) is 47.0 Å². The molecule has 0 aromatic heterocycles. The van der Waals surface area contributed by atoms with Crippen LogP contribution in [0.3, 0.4) is 0 Å². The molecule has 0 heterocycles. The van der Waals surface area contributed by atoms with Crippen LogP contribution in [0, 0.1) is 11.8 Å². The predicted molar refractivity (Wildman–Crippen MR) is 56.2 cm³/mol. The Hall–Kier alpha value is -0.480. The van der Waals surface area contributed by atoms with E-state index in [4.69, 9.17) is 0 Å². The highest BCUT2D eigenvalue weighted by Gasteiger charge is 2.10. The van der Waals surface area contributed by atoms with Crippen LogP contribution >= 0.6 is 0 Å². The molecule has 0 heteroatoms. The van der Waals surface area contributed by atoms with Gasteiger partial charge in [0, 0.05) is 0 Å². The second-order valence-corrected chi connectivity index (χ2v) is 3.45. The van der Waals surface area contributed by atoms with Crippen LogP contribution in [0.4, 0.5) is 0 Å². The molecule has 0 aliphatic carbocycles. The third-order valence-electron chi connectivity index (χ3n) is 2.63. The summed E-state index contributed by atoms with van der Waals surface area (Å²) in [5, 5.41) is 0. The molecule has 0 radical (unpaired) electrons. The molecule has 0 aliphatic rings. The summed E-state index contributed by atoms with van der Waals surface area (Å²) in [6.45, 7) is 8.91. The van der Waals surface area contributed by atoms with Gasteiger partial charge in [0.1, 0.15) is 0 Å². The fourth-order valence-electron chi connectivity index (χ4n) is 1.66. The van der Waals surface area contributed by atoms with Gasteiger partial charge < -0.3 is 0 Å². The molecule has 1 unspecified atom stereocenters. The first kappa shape index (κ1) is 11.5. The number of rotatable bonds is 5. The quantitative estimate of drug-likeness (QED) is 0.537. The van der Waals surface area contributed by atoms with E-state index in [2.05, 4.69) is 32.6 Å². The number of hydrogen-bond acceptors (Lipinski definition) is 0. The molecule has 0 rings (SSSR count). The van der Waals surface area contributed by atoms with E-state index in [1.807, 2.05) is 13.0 Å². The average molecular weight is 166 g/mol. The lowest BCUT2D eigenvalue weighted by Crippen LogP contribution is -2.08. The van der Waals surface area contributed by atoms with Crippen LogP contribution in [0.25, 0.3) is 0 Å². The van der Waals surface area contributed by atoms with Gasteiger partial charge >= 0.3 is 0 Å². The molecule has 0 bridgehead atoms. The normalized spacial score (nSPS) is 12.4. The summed E-state index contributed by atoms with van der Waals surface area (Å²) >= 11 is 0. The van der Waals surface area contributed by atoms with Crippen molar-refractivity contribution in [3.63, 3.8) is 0 Å². The molecule has 0 aromatic rings. The lowest BCUT2D eigenvalue weighted by Gasteiger charge is -2.18. The number of hydrogen-bond donors (Lipinski definition) is 0. The van der Waals surface area contributed by atoms with Crippen molar-refractivity contribution in [2.24, 2.45) is 11.8 Å². The van der Waals surface area contributed by atoms with E-state index in [0.717, 1.165) is 11.8 Å². The highest BCUT2D eigenvalue weighted by Crippen LogP contribution is 2.21. The predicted octanol–water partition coefficient (Wildman–Crippen LogP) is 4.18. The second-order valence-electron chi connectivity index (χ2n) is 3.45. The van der Waals surface area contributed by atoms with Gasteiger partial charge in [0.25, 0.3) is 0 Å². The van der Waals surface area contributed by atoms with Gasteiger partial charge in [-0.05, 0) is 37.3 Å². The van der Waals surface area contributed by atoms with E-state index in [9.17, 15) is 0 Å². The van der Waals surface area contributed by atoms with Gasteiger partial charge in [-0.2, -0.15) is 0 Å². The van der Waals surface area contributed by atoms with Gasteiger partial charge in [-0.3, -0.25) is 0 Å². The first-order valence-corrected chi connectivity index (χ1v) is 5.11. The minimum atomic E-state index is 0.812. The van der Waals surface area contributed by atoms with Gasteiger partial charge in [-0.15, -0.1) is 5.73 Å². The molecule has 0 aromatic carbocycles. The minimum absolute atomic E-state index is 0.812. The molecule has 70 valence electrons. The van der Waals surface area contributed by atoms with E-state index in [-0.39, 0.29) is 0 Å². The molecule has 0 saturated carbocycles. The Morgan fingerprint density at radius 3 is 2.25 bits per heavy atom. The zero-order chi connectivity index (χ0) is 9.40. The monoisotopic (exact) mass is 166 g/mol. The minimum Gasteiger partial charge on any atom is -0.130 e. The van der Waals surface area contributed by atoms with Gasteiger partial charge in [0.2, 0.25) is 0 Å². The zero-order valence-electron chi connectivity index (χ0n) is 8.93. The maximum Gasteiger partial charge on any atom is -0.0246 e. The molecule has 0 N–H and O–H groups in total. The van der Waals surface area contributed by atoms with E-state index in [0.29, 0.717) is 0 Å². The van der Waals surface area contributed by atoms with E-state index in [1.165, 1.54) is 19.3 Å². The molecule has 1 atom stereocenters. The Balaban J connectivity index is 3.83. The van der Waals surface area contributed by atoms with Crippen molar-refractivity contribution in [2.75, 3.05) is 0 Å². The largest absolute Gasteiger partial charge is 0.130 e. The first-order valence-electron chi connectivity index (χ1n) is 5.11. The summed E-state index contributed by atoms with van der Waals surface area (Å²) in [6, 6.07) is 0. The topological polar surface area (TPSA) is 0 Å². The fraction of sp³-hybridized carbons (Fsp3) is 0.750. The molecule has 0 amide bonds. The molecular weight excluding hydrogens is 144 g/mol. The third kappa shape index (κ3) is 4.41. The molecule has 12 heavy (non-hydrogen) atoms. The summed E-state index contributed by atoms with van der Waals surface area (Å²) in [5.41, 5.74) is 3.13. The molecule has 0 saturated heterocycles. The van der Waals surface area contributed by atoms with Crippen molar-refractivity contribution < 1.29 is 0 Å². The summed E-state index contributed by atoms with van der Waals surface area (Å²) < 4.78 is 0. The zero-order valence-corrected chi connectivity index (χ0v) is 8.93. The van der Waals surface area contributed by atoms with Crippen molar-refractivity contribution in [1.82, 2.24) is 0 Å². The van der Waals surface area contributed by atoms with Crippen molar-refractivity contribution in [3.05, 3.63) is 17.9 Å². The standard InChI is InChI=1S/C12H22/c1-5-8-9-10-11(4)12(6-2)7-3/h5,9,11-12H,6-7,10H2,1-4H3. The van der Waals surface area contributed by atoms with Gasteiger partial charge in [0.15, 0.2) is 0 Å². The fourth-order valence-corrected chi connectivity index (χ4v) is 1.66. The van der Waals surface area contributed by atoms with Crippen molar-refractivity contribution in [2.45, 2.75) is 47.0 Å². The SMILES string of the molecule is CC=C=CCC(C)C(CC)CC. The maximum atomic E-state index is 3.13. The van der Waals surface area contributed by atoms with Crippen LogP contribution in [0.15, 0.2) is 17.9 Å². The smallest absolute Gasteiger partial charge is 0.0246 e. The highest BCUT2D eigenvalue weighted by molar-refractivity contribution is 4.84. The maximum absolute atomic E-state index is 3.13. The Kier molecular flexibility index (Phi) is 6.90. The molecule has 0 fully saturated rings. The van der Waals surface area contributed by atoms with E-state index >= 15 is 0 Å². The first-order chi connectivity index (χ1) is 5.76. The van der Waals surface area contributed by atoms with Crippen molar-refractivity contribution >= 4 is 0 Å². The third-order valence-corrected chi connectivity index (χ3v) is 2.63. The van der Waals surface area contributed by atoms with Crippen LogP contribution in [0.5, 0.6) is 0 Å². The van der Waals surface area contributed by atoms with Crippen molar-refractivity contribution in [1.29, 1.82) is 0 Å². The van der Waals surface area contributed by atoms with Gasteiger partial charge in [0.05, 0.1) is 0 Å². The summed E-state index contributed by atoms with van der Waals surface area (Å²) in [5.74, 6) is 1.70. The van der Waals surface area contributed by atoms with E-state index < -0.39 is 0 Å². The molecular formula is C12H22. The molecule has 0 spiro atoms. The Labute approximate surface area is 77.4 Å². The molecule has 0 nitrogen and oxygen atoms in total. The Morgan fingerprint density at radius 2 is 1.83 bits per heavy atom. The molecule has 0 aliphatic heterocycles. The Morgan fingerprint density at radius 1 is 1.25 bits per heavy atom. The van der Waals surface area contributed by atoms with Crippen LogP contribution in [0.2, 0.25) is 0 Å². The summed E-state index contributed by atoms with van der Waals surface area (Å²) in [6.07, 6.45) is 7.92. The lowest BCUT2D eigenvalue weighted by atomic mass is 9.87. The van der Waals surface area contributed by atoms with Gasteiger partial charge in [-0.25, -0.2) is 0 Å². The van der Waals surface area contributed by atoms with Gasteiger partial charge in [-0.1, -0.05) is 33.6 Å². The van der Waals surface area contributed by atoms with E-state index in [1.54, 1.807) is 0 Å². The number of allylic oxidation sites excluding steroid dienone is 1. The van der Waals surface area contributed by atoms with Crippen LogP contribution in [-0.4, -0.2) is 0 Å². The Bertz CT molecular complexity index is 145. The van der Waals surface area contributed by atoms with Crippen LogP contribution in [-0.2, 0) is 0 Å².